The molecular weight excluding hydrogens is 262 g/mol. The Morgan fingerprint density at radius 3 is 3.21 bits per heavy atom. The Balaban J connectivity index is 1.92. The highest BCUT2D eigenvalue weighted by molar-refractivity contribution is 7.09. The Hall–Kier alpha value is -1.92. The molecule has 1 aliphatic heterocycles. The zero-order valence-electron chi connectivity index (χ0n) is 10.2. The highest BCUT2D eigenvalue weighted by Gasteiger charge is 2.16. The van der Waals surface area contributed by atoms with Gasteiger partial charge in [-0.1, -0.05) is 0 Å². The average molecular weight is 275 g/mol. The van der Waals surface area contributed by atoms with Crippen LogP contribution in [0.25, 0.3) is 11.3 Å². The van der Waals surface area contributed by atoms with Crippen molar-refractivity contribution in [1.29, 1.82) is 0 Å². The van der Waals surface area contributed by atoms with E-state index < -0.39 is 0 Å². The van der Waals surface area contributed by atoms with Crippen molar-refractivity contribution in [2.45, 2.75) is 6.42 Å². The van der Waals surface area contributed by atoms with Gasteiger partial charge in [0.25, 0.3) is 5.91 Å². The molecule has 1 amide bonds. The number of ether oxygens (including phenoxy) is 1. The zero-order valence-corrected chi connectivity index (χ0v) is 11.0. The monoisotopic (exact) mass is 275 g/mol. The molecule has 5 nitrogen and oxygen atoms in total. The Kier molecular flexibility index (Phi) is 3.18. The quantitative estimate of drug-likeness (QED) is 0.892. The highest BCUT2D eigenvalue weighted by Crippen LogP contribution is 2.32. The SMILES string of the molecule is NCCc1nc(-c2ccc3c(c2)NC(=O)CO3)cs1. The van der Waals surface area contributed by atoms with Gasteiger partial charge in [0, 0.05) is 17.4 Å². The summed E-state index contributed by atoms with van der Waals surface area (Å²) in [5, 5.41) is 5.82. The van der Waals surface area contributed by atoms with Crippen molar-refractivity contribution in [1.82, 2.24) is 4.98 Å². The van der Waals surface area contributed by atoms with Crippen LogP contribution in [0.5, 0.6) is 5.75 Å². The van der Waals surface area contributed by atoms with E-state index in [1.54, 1.807) is 11.3 Å². The molecule has 0 bridgehead atoms. The fourth-order valence-corrected chi connectivity index (χ4v) is 2.75. The van der Waals surface area contributed by atoms with Crippen LogP contribution in [0.4, 0.5) is 5.69 Å². The molecule has 19 heavy (non-hydrogen) atoms. The van der Waals surface area contributed by atoms with Gasteiger partial charge in [-0.25, -0.2) is 4.98 Å². The van der Waals surface area contributed by atoms with E-state index in [-0.39, 0.29) is 12.5 Å². The van der Waals surface area contributed by atoms with E-state index in [2.05, 4.69) is 10.3 Å². The number of aromatic nitrogens is 1. The maximum absolute atomic E-state index is 11.3. The number of fused-ring (bicyclic) bond motifs is 1. The van der Waals surface area contributed by atoms with Gasteiger partial charge in [-0.2, -0.15) is 0 Å². The summed E-state index contributed by atoms with van der Waals surface area (Å²) in [7, 11) is 0. The molecular formula is C13H13N3O2S. The summed E-state index contributed by atoms with van der Waals surface area (Å²) in [6, 6.07) is 5.68. The molecule has 0 fully saturated rings. The van der Waals surface area contributed by atoms with Gasteiger partial charge in [0.1, 0.15) is 5.75 Å². The van der Waals surface area contributed by atoms with Crippen LogP contribution in [0.2, 0.25) is 0 Å². The minimum absolute atomic E-state index is 0.0731. The third kappa shape index (κ3) is 2.45. The van der Waals surface area contributed by atoms with Crippen LogP contribution in [0.1, 0.15) is 5.01 Å². The van der Waals surface area contributed by atoms with Crippen molar-refractivity contribution >= 4 is 22.9 Å². The Bertz CT molecular complexity index is 624. The Labute approximate surface area is 114 Å². The van der Waals surface area contributed by atoms with Crippen LogP contribution in [-0.4, -0.2) is 24.0 Å². The lowest BCUT2D eigenvalue weighted by Crippen LogP contribution is -2.25. The standard InChI is InChI=1S/C13H13N3O2S/c14-4-3-13-16-10(7-19-13)8-1-2-11-9(5-8)15-12(17)6-18-11/h1-2,5,7H,3-4,6,14H2,(H,15,17). The molecule has 3 rings (SSSR count). The molecule has 1 aromatic heterocycles. The van der Waals surface area contributed by atoms with E-state index in [1.807, 2.05) is 23.6 Å². The first-order chi connectivity index (χ1) is 9.26. The summed E-state index contributed by atoms with van der Waals surface area (Å²) in [6.45, 7) is 0.671. The second-order valence-corrected chi connectivity index (χ2v) is 5.16. The summed E-state index contributed by atoms with van der Waals surface area (Å²) in [6.07, 6.45) is 0.787. The number of nitrogens with zero attached hydrogens (tertiary/aromatic N) is 1. The highest BCUT2D eigenvalue weighted by atomic mass is 32.1. The number of benzene rings is 1. The number of rotatable bonds is 3. The summed E-state index contributed by atoms with van der Waals surface area (Å²) in [4.78, 5) is 15.8. The molecule has 1 aromatic carbocycles. The molecule has 0 saturated heterocycles. The number of nitrogens with one attached hydrogen (secondary N) is 1. The smallest absolute Gasteiger partial charge is 0.262 e. The summed E-state index contributed by atoms with van der Waals surface area (Å²) in [5.74, 6) is 0.563. The van der Waals surface area contributed by atoms with Crippen molar-refractivity contribution in [2.24, 2.45) is 5.73 Å². The van der Waals surface area contributed by atoms with Crippen molar-refractivity contribution in [3.8, 4) is 17.0 Å². The van der Waals surface area contributed by atoms with Gasteiger partial charge in [-0.3, -0.25) is 4.79 Å². The molecule has 0 unspecified atom stereocenters. The van der Waals surface area contributed by atoms with Crippen molar-refractivity contribution in [3.05, 3.63) is 28.6 Å². The lowest BCUT2D eigenvalue weighted by Gasteiger charge is -2.18. The van der Waals surface area contributed by atoms with Crippen molar-refractivity contribution in [3.63, 3.8) is 0 Å². The van der Waals surface area contributed by atoms with Gasteiger partial charge in [-0.05, 0) is 24.7 Å². The predicted molar refractivity (Wildman–Crippen MR) is 74.4 cm³/mol. The lowest BCUT2D eigenvalue weighted by molar-refractivity contribution is -0.118. The van der Waals surface area contributed by atoms with Gasteiger partial charge < -0.3 is 15.8 Å². The molecule has 0 radical (unpaired) electrons. The van der Waals surface area contributed by atoms with Crippen LogP contribution in [0, 0.1) is 0 Å². The van der Waals surface area contributed by atoms with Crippen LogP contribution in [0.3, 0.4) is 0 Å². The zero-order chi connectivity index (χ0) is 13.2. The largest absolute Gasteiger partial charge is 0.482 e. The molecule has 6 heteroatoms. The first kappa shape index (κ1) is 12.1. The normalized spacial score (nSPS) is 13.6. The van der Waals surface area contributed by atoms with Gasteiger partial charge >= 0.3 is 0 Å². The molecule has 1 aliphatic rings. The minimum Gasteiger partial charge on any atom is -0.482 e. The van der Waals surface area contributed by atoms with E-state index in [0.717, 1.165) is 22.7 Å². The minimum atomic E-state index is -0.133. The number of carbonyl (C=O) groups is 1. The number of thiazole rings is 1. The van der Waals surface area contributed by atoms with Crippen LogP contribution < -0.4 is 15.8 Å². The van der Waals surface area contributed by atoms with E-state index in [1.165, 1.54) is 0 Å². The number of nitrogens with two attached hydrogens (primary N) is 1. The second kappa shape index (κ2) is 4.99. The summed E-state index contributed by atoms with van der Waals surface area (Å²) in [5.41, 5.74) is 8.08. The third-order valence-corrected chi connectivity index (χ3v) is 3.73. The third-order valence-electron chi connectivity index (χ3n) is 2.82. The van der Waals surface area contributed by atoms with E-state index in [9.17, 15) is 4.79 Å². The van der Waals surface area contributed by atoms with Gasteiger partial charge in [-0.15, -0.1) is 11.3 Å². The Morgan fingerprint density at radius 2 is 2.37 bits per heavy atom. The van der Waals surface area contributed by atoms with Crippen LogP contribution in [0.15, 0.2) is 23.6 Å². The first-order valence-corrected chi connectivity index (χ1v) is 6.86. The van der Waals surface area contributed by atoms with Gasteiger partial charge in [0.15, 0.2) is 6.61 Å². The van der Waals surface area contributed by atoms with Crippen molar-refractivity contribution in [2.75, 3.05) is 18.5 Å². The number of carbonyl (C=O) groups excluding carboxylic acids is 1. The van der Waals surface area contributed by atoms with Crippen molar-refractivity contribution < 1.29 is 9.53 Å². The fraction of sp³-hybridized carbons (Fsp3) is 0.231. The maximum Gasteiger partial charge on any atom is 0.262 e. The first-order valence-electron chi connectivity index (χ1n) is 5.98. The average Bonchev–Trinajstić information content (AvgIpc) is 2.87. The lowest BCUT2D eigenvalue weighted by atomic mass is 10.1. The molecule has 0 saturated carbocycles. The number of hydrogen-bond acceptors (Lipinski definition) is 5. The topological polar surface area (TPSA) is 77.2 Å². The molecule has 2 aromatic rings. The number of amides is 1. The van der Waals surface area contributed by atoms with Crippen LogP contribution >= 0.6 is 11.3 Å². The predicted octanol–water partition coefficient (Wildman–Crippen LogP) is 1.64. The van der Waals surface area contributed by atoms with Gasteiger partial charge in [0.05, 0.1) is 16.4 Å². The fourth-order valence-electron chi connectivity index (χ4n) is 1.92. The van der Waals surface area contributed by atoms with Gasteiger partial charge in [0.2, 0.25) is 0 Å². The molecule has 98 valence electrons. The number of anilines is 1. The van der Waals surface area contributed by atoms with E-state index in [4.69, 9.17) is 10.5 Å². The second-order valence-electron chi connectivity index (χ2n) is 4.21. The molecule has 0 spiro atoms. The van der Waals surface area contributed by atoms with E-state index >= 15 is 0 Å². The number of hydrogen-bond donors (Lipinski definition) is 2. The maximum atomic E-state index is 11.3. The summed E-state index contributed by atoms with van der Waals surface area (Å²) < 4.78 is 5.32. The Morgan fingerprint density at radius 1 is 1.47 bits per heavy atom. The summed E-state index contributed by atoms with van der Waals surface area (Å²) >= 11 is 1.60. The molecule has 0 aliphatic carbocycles. The molecule has 2 heterocycles. The van der Waals surface area contributed by atoms with E-state index in [0.29, 0.717) is 18.0 Å². The molecule has 3 N–H and O–H groups in total. The molecule has 0 atom stereocenters. The van der Waals surface area contributed by atoms with Crippen LogP contribution in [-0.2, 0) is 11.2 Å².